The molecule has 4 N–H and O–H groups in total. The molecule has 35 heavy (non-hydrogen) atoms. The molecule has 0 radical (unpaired) electrons. The fourth-order valence-corrected chi connectivity index (χ4v) is 4.82. The second-order valence-corrected chi connectivity index (χ2v) is 10.6. The van der Waals surface area contributed by atoms with Crippen LogP contribution in [0.15, 0.2) is 0 Å². The van der Waals surface area contributed by atoms with Crippen molar-refractivity contribution in [1.29, 1.82) is 0 Å². The van der Waals surface area contributed by atoms with E-state index < -0.39 is 6.09 Å². The van der Waals surface area contributed by atoms with Gasteiger partial charge in [-0.15, -0.1) is 0 Å². The van der Waals surface area contributed by atoms with Gasteiger partial charge in [-0.3, -0.25) is 4.79 Å². The maximum Gasteiger partial charge on any atom is 0.404 e. The van der Waals surface area contributed by atoms with E-state index in [1.165, 1.54) is 141 Å². The Morgan fingerprint density at radius 2 is 0.600 bits per heavy atom. The van der Waals surface area contributed by atoms with Gasteiger partial charge in [0.05, 0.1) is 6.61 Å². The Labute approximate surface area is 217 Å². The van der Waals surface area contributed by atoms with Crippen LogP contribution in [0.4, 0.5) is 4.79 Å². The Morgan fingerprint density at radius 3 is 0.829 bits per heavy atom. The standard InChI is InChI=1S/C30H60N2O3/c31-29(33)27-25-23-21-19-17-15-13-11-9-7-5-3-1-2-4-6-8-10-12-14-16-18-20-22-24-26-28-35-30(32)34/h1-28H2,(H2,31,33)(H2,32,34). The van der Waals surface area contributed by atoms with Crippen LogP contribution < -0.4 is 11.5 Å². The number of primary amides is 2. The molecule has 0 aromatic rings. The van der Waals surface area contributed by atoms with E-state index in [4.69, 9.17) is 16.2 Å². The van der Waals surface area contributed by atoms with Crippen LogP contribution in [-0.2, 0) is 9.53 Å². The Morgan fingerprint density at radius 1 is 0.371 bits per heavy atom. The number of ether oxygens (including phenoxy) is 1. The van der Waals surface area contributed by atoms with Crippen LogP contribution in [0, 0.1) is 0 Å². The van der Waals surface area contributed by atoms with E-state index in [1.807, 2.05) is 0 Å². The number of nitrogens with two attached hydrogens (primary N) is 2. The summed E-state index contributed by atoms with van der Waals surface area (Å²) in [5, 5.41) is 0. The van der Waals surface area contributed by atoms with Crippen LogP contribution in [0.25, 0.3) is 0 Å². The maximum absolute atomic E-state index is 10.7. The summed E-state index contributed by atoms with van der Waals surface area (Å²) >= 11 is 0. The van der Waals surface area contributed by atoms with Gasteiger partial charge in [-0.2, -0.15) is 0 Å². The second-order valence-electron chi connectivity index (χ2n) is 10.6. The zero-order chi connectivity index (χ0) is 25.7. The van der Waals surface area contributed by atoms with Gasteiger partial charge in [0.25, 0.3) is 0 Å². The van der Waals surface area contributed by atoms with Gasteiger partial charge in [0.1, 0.15) is 0 Å². The number of amides is 2. The third-order valence-corrected chi connectivity index (χ3v) is 7.06. The maximum atomic E-state index is 10.7. The van der Waals surface area contributed by atoms with Crippen LogP contribution in [0.5, 0.6) is 0 Å². The Kier molecular flexibility index (Phi) is 27.9. The zero-order valence-corrected chi connectivity index (χ0v) is 23.2. The molecule has 5 heteroatoms. The summed E-state index contributed by atoms with van der Waals surface area (Å²) in [5.41, 5.74) is 10.1. The van der Waals surface area contributed by atoms with E-state index in [-0.39, 0.29) is 5.91 Å². The molecular weight excluding hydrogens is 436 g/mol. The second kappa shape index (κ2) is 29.0. The lowest BCUT2D eigenvalue weighted by atomic mass is 10.0. The highest BCUT2D eigenvalue weighted by Gasteiger charge is 1.98. The highest BCUT2D eigenvalue weighted by Crippen LogP contribution is 2.16. The summed E-state index contributed by atoms with van der Waals surface area (Å²) < 4.78 is 4.73. The van der Waals surface area contributed by atoms with E-state index in [9.17, 15) is 9.59 Å². The first kappa shape index (κ1) is 33.7. The van der Waals surface area contributed by atoms with Crippen molar-refractivity contribution in [2.45, 2.75) is 173 Å². The predicted molar refractivity (Wildman–Crippen MR) is 149 cm³/mol. The predicted octanol–water partition coefficient (Wildman–Crippen LogP) is 9.10. The Balaban J connectivity index is 3.03. The molecule has 0 fully saturated rings. The third-order valence-electron chi connectivity index (χ3n) is 7.06. The van der Waals surface area contributed by atoms with Crippen molar-refractivity contribution >= 4 is 12.0 Å². The average Bonchev–Trinajstić information content (AvgIpc) is 2.82. The van der Waals surface area contributed by atoms with Crippen molar-refractivity contribution < 1.29 is 14.3 Å². The highest BCUT2D eigenvalue weighted by atomic mass is 16.5. The number of rotatable bonds is 29. The normalized spacial score (nSPS) is 11.1. The lowest BCUT2D eigenvalue weighted by Gasteiger charge is -2.04. The van der Waals surface area contributed by atoms with Gasteiger partial charge in [-0.25, -0.2) is 4.79 Å². The fraction of sp³-hybridized carbons (Fsp3) is 0.933. The zero-order valence-electron chi connectivity index (χ0n) is 23.2. The molecule has 0 aromatic heterocycles. The van der Waals surface area contributed by atoms with Crippen molar-refractivity contribution in [2.24, 2.45) is 11.5 Å². The minimum Gasteiger partial charge on any atom is -0.450 e. The first-order valence-electron chi connectivity index (χ1n) is 15.3. The summed E-state index contributed by atoms with van der Waals surface area (Å²) in [7, 11) is 0. The van der Waals surface area contributed by atoms with Gasteiger partial charge in [0.2, 0.25) is 5.91 Å². The molecule has 0 heterocycles. The number of carbonyl (C=O) groups excluding carboxylic acids is 2. The lowest BCUT2D eigenvalue weighted by Crippen LogP contribution is -2.13. The number of hydrogen-bond acceptors (Lipinski definition) is 3. The van der Waals surface area contributed by atoms with Crippen molar-refractivity contribution in [1.82, 2.24) is 0 Å². The van der Waals surface area contributed by atoms with Crippen LogP contribution >= 0.6 is 0 Å². The molecule has 0 aliphatic rings. The molecule has 0 atom stereocenters. The van der Waals surface area contributed by atoms with Crippen molar-refractivity contribution in [3.8, 4) is 0 Å². The van der Waals surface area contributed by atoms with Gasteiger partial charge < -0.3 is 16.2 Å². The summed E-state index contributed by atoms with van der Waals surface area (Å²) in [4.78, 5) is 21.1. The van der Waals surface area contributed by atoms with E-state index in [0.29, 0.717) is 13.0 Å². The molecule has 0 aliphatic carbocycles. The molecule has 0 unspecified atom stereocenters. The quantitative estimate of drug-likeness (QED) is 0.101. The van der Waals surface area contributed by atoms with Crippen molar-refractivity contribution in [3.05, 3.63) is 0 Å². The molecule has 0 saturated heterocycles. The SMILES string of the molecule is NC(=O)CCCCCCCCCCCCCCCCCCCCCCCCCCCCOC(N)=O. The van der Waals surface area contributed by atoms with Gasteiger partial charge in [0, 0.05) is 6.42 Å². The van der Waals surface area contributed by atoms with Gasteiger partial charge in [-0.1, -0.05) is 154 Å². The molecule has 0 spiro atoms. The summed E-state index contributed by atoms with van der Waals surface area (Å²) in [5.74, 6) is -0.158. The van der Waals surface area contributed by atoms with Gasteiger partial charge in [0.15, 0.2) is 0 Å². The number of unbranched alkanes of at least 4 members (excludes halogenated alkanes) is 25. The number of hydrogen-bond donors (Lipinski definition) is 2. The summed E-state index contributed by atoms with van der Waals surface area (Å²) in [6, 6.07) is 0. The van der Waals surface area contributed by atoms with Crippen molar-refractivity contribution in [3.63, 3.8) is 0 Å². The molecule has 5 nitrogen and oxygen atoms in total. The van der Waals surface area contributed by atoms with E-state index in [2.05, 4.69) is 0 Å². The summed E-state index contributed by atoms with van der Waals surface area (Å²) in [6.07, 6.45) is 34.6. The molecule has 0 aromatic carbocycles. The highest BCUT2D eigenvalue weighted by molar-refractivity contribution is 5.73. The Bertz CT molecular complexity index is 417. The number of carbonyl (C=O) groups is 2. The molecule has 208 valence electrons. The monoisotopic (exact) mass is 496 g/mol. The van der Waals surface area contributed by atoms with Crippen molar-refractivity contribution in [2.75, 3.05) is 6.61 Å². The third kappa shape index (κ3) is 32.7. The molecule has 0 bridgehead atoms. The van der Waals surface area contributed by atoms with Crippen LogP contribution in [0.2, 0.25) is 0 Å². The van der Waals surface area contributed by atoms with Crippen LogP contribution in [0.3, 0.4) is 0 Å². The van der Waals surface area contributed by atoms with E-state index >= 15 is 0 Å². The minimum atomic E-state index is -0.655. The van der Waals surface area contributed by atoms with Crippen LogP contribution in [-0.4, -0.2) is 18.6 Å². The Hall–Kier alpha value is -1.26. The molecule has 0 saturated carbocycles. The largest absolute Gasteiger partial charge is 0.450 e. The first-order chi connectivity index (χ1) is 17.1. The molecule has 0 aliphatic heterocycles. The van der Waals surface area contributed by atoms with E-state index in [0.717, 1.165) is 25.7 Å². The summed E-state index contributed by atoms with van der Waals surface area (Å²) in [6.45, 7) is 0.472. The fourth-order valence-electron chi connectivity index (χ4n) is 4.82. The lowest BCUT2D eigenvalue weighted by molar-refractivity contribution is -0.118. The average molecular weight is 497 g/mol. The minimum absolute atomic E-state index is 0.158. The smallest absolute Gasteiger partial charge is 0.404 e. The first-order valence-corrected chi connectivity index (χ1v) is 15.3. The van der Waals surface area contributed by atoms with Gasteiger partial charge in [-0.05, 0) is 12.8 Å². The molecular formula is C30H60N2O3. The van der Waals surface area contributed by atoms with E-state index in [1.54, 1.807) is 0 Å². The van der Waals surface area contributed by atoms with Crippen LogP contribution in [0.1, 0.15) is 173 Å². The van der Waals surface area contributed by atoms with Gasteiger partial charge >= 0.3 is 6.09 Å². The topological polar surface area (TPSA) is 95.4 Å². The molecule has 2 amide bonds. The molecule has 0 rings (SSSR count).